The summed E-state index contributed by atoms with van der Waals surface area (Å²) in [5, 5.41) is 2.25. The van der Waals surface area contributed by atoms with Crippen molar-refractivity contribution in [2.24, 2.45) is 0 Å². The lowest BCUT2D eigenvalue weighted by molar-refractivity contribution is -0.119. The van der Waals surface area contributed by atoms with Gasteiger partial charge in [-0.25, -0.2) is 22.3 Å². The number of carbonyl (C=O) groups excluding carboxylic acids is 2. The number of carbonyl (C=O) groups is 2. The number of halogens is 2. The second-order valence-electron chi connectivity index (χ2n) is 6.18. The summed E-state index contributed by atoms with van der Waals surface area (Å²) in [6.45, 7) is -0.619. The fourth-order valence-corrected chi connectivity index (χ4v) is 3.59. The maximum absolute atomic E-state index is 13.1. The number of hydrogen-bond acceptors (Lipinski definition) is 6. The first-order chi connectivity index (χ1) is 14.7. The number of ether oxygens (including phenoxy) is 1. The van der Waals surface area contributed by atoms with E-state index >= 15 is 0 Å². The van der Waals surface area contributed by atoms with Crippen molar-refractivity contribution in [3.63, 3.8) is 0 Å². The first-order valence-electron chi connectivity index (χ1n) is 8.79. The SMILES string of the molecule is O=C(COC(=O)c1ccc(S(=O)(=O)NCc2ccco2)cc1)Nc1ccc(F)c(Cl)c1. The number of anilines is 1. The zero-order chi connectivity index (χ0) is 22.4. The third-order valence-corrected chi connectivity index (χ3v) is 5.66. The fourth-order valence-electron chi connectivity index (χ4n) is 2.42. The summed E-state index contributed by atoms with van der Waals surface area (Å²) in [6.07, 6.45) is 1.43. The molecule has 0 unspecified atom stereocenters. The first-order valence-corrected chi connectivity index (χ1v) is 10.6. The molecule has 31 heavy (non-hydrogen) atoms. The van der Waals surface area contributed by atoms with Gasteiger partial charge in [0, 0.05) is 5.69 Å². The molecule has 0 saturated heterocycles. The Bertz CT molecular complexity index is 1180. The number of amides is 1. The molecule has 3 aromatic rings. The standard InChI is InChI=1S/C20H16ClFN2O6S/c21-17-10-14(5-8-18(17)22)24-19(25)12-30-20(26)13-3-6-16(7-4-13)31(27,28)23-11-15-2-1-9-29-15/h1-10,23H,11-12H2,(H,24,25). The van der Waals surface area contributed by atoms with E-state index in [1.54, 1.807) is 12.1 Å². The van der Waals surface area contributed by atoms with Crippen LogP contribution in [0.25, 0.3) is 0 Å². The van der Waals surface area contributed by atoms with Crippen LogP contribution >= 0.6 is 11.6 Å². The molecule has 2 N–H and O–H groups in total. The van der Waals surface area contributed by atoms with Gasteiger partial charge >= 0.3 is 5.97 Å². The molecule has 0 saturated carbocycles. The number of sulfonamides is 1. The van der Waals surface area contributed by atoms with Crippen LogP contribution in [0, 0.1) is 5.82 Å². The van der Waals surface area contributed by atoms with E-state index in [9.17, 15) is 22.4 Å². The zero-order valence-electron chi connectivity index (χ0n) is 15.8. The van der Waals surface area contributed by atoms with E-state index in [4.69, 9.17) is 20.8 Å². The van der Waals surface area contributed by atoms with E-state index in [1.807, 2.05) is 0 Å². The lowest BCUT2D eigenvalue weighted by Gasteiger charge is -2.08. The Balaban J connectivity index is 1.53. The molecule has 162 valence electrons. The van der Waals surface area contributed by atoms with Crippen LogP contribution in [0.2, 0.25) is 5.02 Å². The van der Waals surface area contributed by atoms with Crippen LogP contribution in [0.1, 0.15) is 16.1 Å². The second kappa shape index (κ2) is 9.73. The zero-order valence-corrected chi connectivity index (χ0v) is 17.4. The van der Waals surface area contributed by atoms with Crippen LogP contribution in [-0.2, 0) is 26.1 Å². The fraction of sp³-hybridized carbons (Fsp3) is 0.100. The van der Waals surface area contributed by atoms with E-state index in [-0.39, 0.29) is 27.7 Å². The van der Waals surface area contributed by atoms with Crippen LogP contribution in [0.5, 0.6) is 0 Å². The Morgan fingerprint density at radius 1 is 1.10 bits per heavy atom. The van der Waals surface area contributed by atoms with E-state index in [1.165, 1.54) is 42.7 Å². The largest absolute Gasteiger partial charge is 0.468 e. The van der Waals surface area contributed by atoms with Crippen LogP contribution < -0.4 is 10.0 Å². The minimum absolute atomic E-state index is 0.0203. The highest BCUT2D eigenvalue weighted by Crippen LogP contribution is 2.19. The normalized spacial score (nSPS) is 11.2. The third kappa shape index (κ3) is 6.14. The molecule has 3 rings (SSSR count). The summed E-state index contributed by atoms with van der Waals surface area (Å²) in [6, 6.07) is 11.9. The Morgan fingerprint density at radius 2 is 1.84 bits per heavy atom. The summed E-state index contributed by atoms with van der Waals surface area (Å²) in [5.74, 6) is -1.66. The minimum atomic E-state index is -3.81. The van der Waals surface area contributed by atoms with Gasteiger partial charge in [-0.15, -0.1) is 0 Å². The van der Waals surface area contributed by atoms with Crippen molar-refractivity contribution in [3.05, 3.63) is 83.0 Å². The molecule has 0 spiro atoms. The lowest BCUT2D eigenvalue weighted by atomic mass is 10.2. The van der Waals surface area contributed by atoms with Gasteiger partial charge in [0.05, 0.1) is 28.3 Å². The number of hydrogen-bond donors (Lipinski definition) is 2. The van der Waals surface area contributed by atoms with Gasteiger partial charge in [-0.05, 0) is 54.6 Å². The molecular formula is C20H16ClFN2O6S. The highest BCUT2D eigenvalue weighted by Gasteiger charge is 2.16. The summed E-state index contributed by atoms with van der Waals surface area (Å²) in [5.41, 5.74) is 0.298. The Labute approximate surface area is 182 Å². The van der Waals surface area contributed by atoms with Crippen molar-refractivity contribution in [1.82, 2.24) is 4.72 Å². The van der Waals surface area contributed by atoms with Gasteiger partial charge in [0.1, 0.15) is 11.6 Å². The number of nitrogens with one attached hydrogen (secondary N) is 2. The van der Waals surface area contributed by atoms with Gasteiger partial charge in [-0.1, -0.05) is 11.6 Å². The van der Waals surface area contributed by atoms with Crippen LogP contribution in [0.15, 0.2) is 70.2 Å². The van der Waals surface area contributed by atoms with Crippen molar-refractivity contribution in [2.45, 2.75) is 11.4 Å². The van der Waals surface area contributed by atoms with Crippen molar-refractivity contribution >= 4 is 39.2 Å². The van der Waals surface area contributed by atoms with Crippen LogP contribution in [0.3, 0.4) is 0 Å². The summed E-state index contributed by atoms with van der Waals surface area (Å²) >= 11 is 5.63. The molecule has 2 aromatic carbocycles. The minimum Gasteiger partial charge on any atom is -0.468 e. The van der Waals surface area contributed by atoms with E-state index in [0.29, 0.717) is 5.76 Å². The molecule has 11 heteroatoms. The highest BCUT2D eigenvalue weighted by atomic mass is 35.5. The Hall–Kier alpha value is -3.21. The topological polar surface area (TPSA) is 115 Å². The van der Waals surface area contributed by atoms with Crippen LogP contribution in [0.4, 0.5) is 10.1 Å². The van der Waals surface area contributed by atoms with Crippen molar-refractivity contribution in [1.29, 1.82) is 0 Å². The molecular weight excluding hydrogens is 451 g/mol. The number of furan rings is 1. The quantitative estimate of drug-likeness (QED) is 0.492. The van der Waals surface area contributed by atoms with Gasteiger partial charge in [0.15, 0.2) is 6.61 Å². The van der Waals surface area contributed by atoms with E-state index < -0.39 is 34.3 Å². The molecule has 0 atom stereocenters. The monoisotopic (exact) mass is 466 g/mol. The van der Waals surface area contributed by atoms with Gasteiger partial charge in [0.25, 0.3) is 5.91 Å². The van der Waals surface area contributed by atoms with Crippen LogP contribution in [-0.4, -0.2) is 26.9 Å². The van der Waals surface area contributed by atoms with Gasteiger partial charge < -0.3 is 14.5 Å². The van der Waals surface area contributed by atoms with E-state index in [0.717, 1.165) is 6.07 Å². The lowest BCUT2D eigenvalue weighted by Crippen LogP contribution is -2.23. The summed E-state index contributed by atoms with van der Waals surface area (Å²) in [4.78, 5) is 23.9. The molecule has 1 aromatic heterocycles. The molecule has 1 heterocycles. The molecule has 0 aliphatic heterocycles. The second-order valence-corrected chi connectivity index (χ2v) is 8.36. The number of rotatable bonds is 8. The Kier molecular flexibility index (Phi) is 7.06. The molecule has 0 aliphatic rings. The first kappa shape index (κ1) is 22.5. The predicted octanol–water partition coefficient (Wildman–Crippen LogP) is 3.35. The molecule has 1 amide bonds. The van der Waals surface area contributed by atoms with Gasteiger partial charge in [0.2, 0.25) is 10.0 Å². The smallest absolute Gasteiger partial charge is 0.338 e. The van der Waals surface area contributed by atoms with E-state index in [2.05, 4.69) is 10.0 Å². The molecule has 8 nitrogen and oxygen atoms in total. The summed E-state index contributed by atoms with van der Waals surface area (Å²) in [7, 11) is -3.81. The van der Waals surface area contributed by atoms with Crippen molar-refractivity contribution in [2.75, 3.05) is 11.9 Å². The van der Waals surface area contributed by atoms with Gasteiger partial charge in [-0.3, -0.25) is 4.79 Å². The molecule has 0 fully saturated rings. The van der Waals surface area contributed by atoms with Gasteiger partial charge in [-0.2, -0.15) is 0 Å². The highest BCUT2D eigenvalue weighted by molar-refractivity contribution is 7.89. The Morgan fingerprint density at radius 3 is 2.48 bits per heavy atom. The number of esters is 1. The van der Waals surface area contributed by atoms with Crippen molar-refractivity contribution in [3.8, 4) is 0 Å². The average Bonchev–Trinajstić information content (AvgIpc) is 3.27. The third-order valence-electron chi connectivity index (χ3n) is 3.95. The molecule has 0 radical (unpaired) electrons. The molecule has 0 aliphatic carbocycles. The maximum atomic E-state index is 13.1. The summed E-state index contributed by atoms with van der Waals surface area (Å²) < 4.78 is 50.0. The molecule has 0 bridgehead atoms. The average molecular weight is 467 g/mol. The number of benzene rings is 2. The van der Waals surface area contributed by atoms with Crippen molar-refractivity contribution < 1.29 is 31.6 Å². The predicted molar refractivity (Wildman–Crippen MR) is 109 cm³/mol. The maximum Gasteiger partial charge on any atom is 0.338 e.